The van der Waals surface area contributed by atoms with E-state index in [1.807, 2.05) is 48.5 Å². The first kappa shape index (κ1) is 27.1. The van der Waals surface area contributed by atoms with E-state index in [1.165, 1.54) is 11.2 Å². The van der Waals surface area contributed by atoms with Crippen LogP contribution < -0.4 is 4.74 Å². The van der Waals surface area contributed by atoms with Crippen LogP contribution in [0.15, 0.2) is 85.2 Å². The molecule has 1 aliphatic rings. The first-order valence-electron chi connectivity index (χ1n) is 14.4. The first-order valence-corrected chi connectivity index (χ1v) is 14.8. The normalized spacial score (nSPS) is 14.4. The third-order valence-corrected chi connectivity index (χ3v) is 8.23. The quantitative estimate of drug-likeness (QED) is 0.181. The van der Waals surface area contributed by atoms with E-state index in [-0.39, 0.29) is 0 Å². The fourth-order valence-electron chi connectivity index (χ4n) is 5.66. The lowest BCUT2D eigenvalue weighted by molar-refractivity contribution is 0.171. The van der Waals surface area contributed by atoms with Crippen molar-refractivity contribution in [3.63, 3.8) is 0 Å². The maximum Gasteiger partial charge on any atom is 0.127 e. The number of nitriles is 1. The Labute approximate surface area is 246 Å². The molecular weight excluding hydrogens is 530 g/mol. The highest BCUT2D eigenvalue weighted by molar-refractivity contribution is 6.30. The van der Waals surface area contributed by atoms with Gasteiger partial charge in [0.05, 0.1) is 24.0 Å². The number of aromatic nitrogens is 3. The Hall–Kier alpha value is -4.05. The summed E-state index contributed by atoms with van der Waals surface area (Å²) < 4.78 is 10.6. The lowest BCUT2D eigenvalue weighted by Crippen LogP contribution is -2.34. The van der Waals surface area contributed by atoms with Gasteiger partial charge < -0.3 is 13.9 Å². The van der Waals surface area contributed by atoms with E-state index in [0.717, 1.165) is 80.3 Å². The maximum atomic E-state index is 9.20. The number of ether oxygens (including phenoxy) is 1. The molecule has 0 atom stereocenters. The number of halogens is 1. The zero-order valence-electron chi connectivity index (χ0n) is 23.3. The molecule has 3 aromatic carbocycles. The predicted molar refractivity (Wildman–Crippen MR) is 164 cm³/mol. The number of piperidine rings is 1. The van der Waals surface area contributed by atoms with Crippen molar-refractivity contribution in [2.75, 3.05) is 13.1 Å². The van der Waals surface area contributed by atoms with Crippen LogP contribution in [0.2, 0.25) is 5.02 Å². The summed E-state index contributed by atoms with van der Waals surface area (Å²) in [5.41, 5.74) is 4.19. The third kappa shape index (κ3) is 6.17. The summed E-state index contributed by atoms with van der Waals surface area (Å²) in [4.78, 5) is 7.69. The van der Waals surface area contributed by atoms with Gasteiger partial charge in [-0.25, -0.2) is 4.98 Å². The third-order valence-electron chi connectivity index (χ3n) is 7.97. The number of aryl methyl sites for hydroxylation is 1. The molecule has 0 saturated carbocycles. The van der Waals surface area contributed by atoms with Crippen molar-refractivity contribution in [1.82, 2.24) is 19.0 Å². The number of imidazole rings is 1. The van der Waals surface area contributed by atoms with Gasteiger partial charge in [-0.15, -0.1) is 0 Å². The minimum atomic E-state index is 0.458. The smallest absolute Gasteiger partial charge is 0.127 e. The van der Waals surface area contributed by atoms with Gasteiger partial charge in [0.15, 0.2) is 0 Å². The Balaban J connectivity index is 1.13. The van der Waals surface area contributed by atoms with Crippen LogP contribution in [-0.2, 0) is 13.1 Å². The average Bonchev–Trinajstić information content (AvgIpc) is 3.62. The van der Waals surface area contributed by atoms with E-state index in [2.05, 4.69) is 63.7 Å². The molecule has 6 rings (SSSR count). The van der Waals surface area contributed by atoms with Crippen LogP contribution in [0.1, 0.15) is 55.6 Å². The topological polar surface area (TPSA) is 59.0 Å². The fraction of sp³-hybridized carbons (Fsp3) is 0.294. The number of hydrogen-bond acceptors (Lipinski definition) is 4. The van der Waals surface area contributed by atoms with Crippen LogP contribution in [0.3, 0.4) is 0 Å². The summed E-state index contributed by atoms with van der Waals surface area (Å²) in [6.45, 7) is 5.16. The predicted octanol–water partition coefficient (Wildman–Crippen LogP) is 8.32. The number of rotatable bonds is 9. The van der Waals surface area contributed by atoms with Crippen LogP contribution in [0, 0.1) is 11.3 Å². The monoisotopic (exact) mass is 563 g/mol. The van der Waals surface area contributed by atoms with Crippen molar-refractivity contribution < 1.29 is 4.74 Å². The van der Waals surface area contributed by atoms with Gasteiger partial charge in [-0.3, -0.25) is 4.90 Å². The first-order chi connectivity index (χ1) is 20.1. The molecular formula is C34H34ClN5O. The van der Waals surface area contributed by atoms with Gasteiger partial charge in [0.25, 0.3) is 0 Å². The molecule has 41 heavy (non-hydrogen) atoms. The van der Waals surface area contributed by atoms with Crippen molar-refractivity contribution >= 4 is 22.5 Å². The molecule has 0 amide bonds. The minimum absolute atomic E-state index is 0.458. The molecule has 7 heteroatoms. The summed E-state index contributed by atoms with van der Waals surface area (Å²) in [6, 6.07) is 25.9. The molecule has 3 heterocycles. The number of nitrogens with zero attached hydrogens (tertiary/aromatic N) is 5. The molecule has 0 unspecified atom stereocenters. The summed E-state index contributed by atoms with van der Waals surface area (Å²) in [6.07, 6.45) is 9.80. The molecule has 2 aromatic heterocycles. The molecule has 0 bridgehead atoms. The number of benzene rings is 3. The van der Waals surface area contributed by atoms with E-state index < -0.39 is 0 Å². The summed E-state index contributed by atoms with van der Waals surface area (Å²) in [5, 5.41) is 11.0. The molecule has 0 spiro atoms. The van der Waals surface area contributed by atoms with Crippen LogP contribution in [-0.4, -0.2) is 32.1 Å². The molecule has 0 radical (unpaired) electrons. The number of hydrogen-bond donors (Lipinski definition) is 0. The number of unbranched alkanes of at least 4 members (excludes halogenated alkanes) is 1. The zero-order valence-corrected chi connectivity index (χ0v) is 24.1. The Morgan fingerprint density at radius 2 is 1.71 bits per heavy atom. The van der Waals surface area contributed by atoms with Crippen LogP contribution in [0.4, 0.5) is 0 Å². The summed E-state index contributed by atoms with van der Waals surface area (Å²) >= 11 is 6.00. The molecule has 0 aliphatic carbocycles. The van der Waals surface area contributed by atoms with Crippen molar-refractivity contribution in [3.05, 3.63) is 107 Å². The van der Waals surface area contributed by atoms with Gasteiger partial charge in [0.1, 0.15) is 17.3 Å². The Morgan fingerprint density at radius 3 is 2.41 bits per heavy atom. The summed E-state index contributed by atoms with van der Waals surface area (Å²) in [7, 11) is 0. The molecule has 6 nitrogen and oxygen atoms in total. The molecule has 1 saturated heterocycles. The van der Waals surface area contributed by atoms with Gasteiger partial charge in [-0.1, -0.05) is 24.9 Å². The second-order valence-corrected chi connectivity index (χ2v) is 11.2. The van der Waals surface area contributed by atoms with E-state index in [4.69, 9.17) is 21.3 Å². The van der Waals surface area contributed by atoms with Crippen molar-refractivity contribution in [3.8, 4) is 23.3 Å². The lowest BCUT2D eigenvalue weighted by Gasteiger charge is -2.31. The van der Waals surface area contributed by atoms with E-state index >= 15 is 0 Å². The molecule has 0 N–H and O–H groups in total. The van der Waals surface area contributed by atoms with E-state index in [0.29, 0.717) is 16.5 Å². The van der Waals surface area contributed by atoms with Gasteiger partial charge in [-0.2, -0.15) is 5.26 Å². The number of fused-ring (bicyclic) bond motifs is 1. The van der Waals surface area contributed by atoms with Crippen LogP contribution in [0.25, 0.3) is 16.6 Å². The number of likely N-dealkylation sites (tertiary alicyclic amines) is 1. The fourth-order valence-corrected chi connectivity index (χ4v) is 5.79. The molecule has 208 valence electrons. The summed E-state index contributed by atoms with van der Waals surface area (Å²) in [5.74, 6) is 3.14. The highest BCUT2D eigenvalue weighted by atomic mass is 35.5. The van der Waals surface area contributed by atoms with Gasteiger partial charge in [-0.05, 0) is 92.1 Å². The Morgan fingerprint density at radius 1 is 0.976 bits per heavy atom. The van der Waals surface area contributed by atoms with E-state index in [9.17, 15) is 5.26 Å². The van der Waals surface area contributed by atoms with Crippen LogP contribution in [0.5, 0.6) is 11.5 Å². The Bertz CT molecular complexity index is 1650. The standard InChI is InChI=1S/C34H34ClN5O/c1-2-3-4-34-37-32(23-40(34)29-8-12-31(13-9-29)41-30-10-6-28(35)7-11-30)26-15-18-38(19-16-26)24-39-20-17-27-21-25(22-36)5-14-33(27)39/h5-14,17,20-21,23,26H,2-4,15-16,18-19,24H2,1H3. The van der Waals surface area contributed by atoms with Crippen molar-refractivity contribution in [2.24, 2.45) is 0 Å². The second kappa shape index (κ2) is 12.2. The minimum Gasteiger partial charge on any atom is -0.457 e. The average molecular weight is 564 g/mol. The highest BCUT2D eigenvalue weighted by Gasteiger charge is 2.24. The lowest BCUT2D eigenvalue weighted by atomic mass is 9.94. The maximum absolute atomic E-state index is 9.20. The van der Waals surface area contributed by atoms with Crippen molar-refractivity contribution in [1.29, 1.82) is 5.26 Å². The molecule has 1 aliphatic heterocycles. The largest absolute Gasteiger partial charge is 0.457 e. The van der Waals surface area contributed by atoms with Gasteiger partial charge >= 0.3 is 0 Å². The second-order valence-electron chi connectivity index (χ2n) is 10.8. The highest BCUT2D eigenvalue weighted by Crippen LogP contribution is 2.31. The molecule has 5 aromatic rings. The SMILES string of the molecule is CCCCc1nc(C2CCN(Cn3ccc4cc(C#N)ccc43)CC2)cn1-c1ccc(Oc2ccc(Cl)cc2)cc1. The van der Waals surface area contributed by atoms with Gasteiger partial charge in [0.2, 0.25) is 0 Å². The van der Waals surface area contributed by atoms with Crippen LogP contribution >= 0.6 is 11.6 Å². The van der Waals surface area contributed by atoms with Crippen molar-refractivity contribution in [2.45, 2.75) is 51.6 Å². The Kier molecular flexibility index (Phi) is 8.09. The molecule has 1 fully saturated rings. The van der Waals surface area contributed by atoms with Gasteiger partial charge in [0, 0.05) is 59.4 Å². The van der Waals surface area contributed by atoms with E-state index in [1.54, 1.807) is 0 Å². The zero-order chi connectivity index (χ0) is 28.2.